The van der Waals surface area contributed by atoms with Crippen molar-refractivity contribution in [3.63, 3.8) is 0 Å². The van der Waals surface area contributed by atoms with Gasteiger partial charge in [-0.15, -0.1) is 0 Å². The molecule has 2 atom stereocenters. The van der Waals surface area contributed by atoms with E-state index in [0.717, 1.165) is 17.5 Å². The van der Waals surface area contributed by atoms with Crippen molar-refractivity contribution in [2.45, 2.75) is 59.0 Å². The zero-order chi connectivity index (χ0) is 20.2. The third-order valence-electron chi connectivity index (χ3n) is 5.46. The summed E-state index contributed by atoms with van der Waals surface area (Å²) in [6.45, 7) is 6.58. The highest BCUT2D eigenvalue weighted by atomic mass is 35.5. The van der Waals surface area contributed by atoms with Gasteiger partial charge in [0.25, 0.3) is 0 Å². The molecule has 1 aromatic carbocycles. The van der Waals surface area contributed by atoms with Crippen LogP contribution in [0.3, 0.4) is 0 Å². The van der Waals surface area contributed by atoms with Gasteiger partial charge in [-0.25, -0.2) is 0 Å². The van der Waals surface area contributed by atoms with Crippen LogP contribution < -0.4 is 5.73 Å². The maximum atomic E-state index is 12.9. The van der Waals surface area contributed by atoms with Crippen molar-refractivity contribution in [1.82, 2.24) is 4.90 Å². The van der Waals surface area contributed by atoms with Crippen LogP contribution in [-0.2, 0) is 22.6 Å². The summed E-state index contributed by atoms with van der Waals surface area (Å²) < 4.78 is 0. The van der Waals surface area contributed by atoms with E-state index >= 15 is 0 Å². The van der Waals surface area contributed by atoms with Gasteiger partial charge in [-0.3, -0.25) is 9.59 Å². The predicted molar refractivity (Wildman–Crippen MR) is 107 cm³/mol. The number of benzene rings is 1. The van der Waals surface area contributed by atoms with Gasteiger partial charge in [0.2, 0.25) is 5.91 Å². The zero-order valence-corrected chi connectivity index (χ0v) is 17.3. The number of hydrogen-bond donors (Lipinski definition) is 2. The fourth-order valence-electron chi connectivity index (χ4n) is 3.74. The number of rotatable bonds is 7. The maximum absolute atomic E-state index is 12.9. The van der Waals surface area contributed by atoms with Crippen molar-refractivity contribution in [3.8, 4) is 0 Å². The Morgan fingerprint density at radius 1 is 1.33 bits per heavy atom. The average molecular weight is 395 g/mol. The summed E-state index contributed by atoms with van der Waals surface area (Å²) in [6.07, 6.45) is 2.41. The van der Waals surface area contributed by atoms with Crippen LogP contribution in [0.1, 0.15) is 51.2 Å². The molecular formula is C21H31ClN2O3. The topological polar surface area (TPSA) is 83.6 Å². The van der Waals surface area contributed by atoms with E-state index < -0.39 is 12.0 Å². The molecule has 27 heavy (non-hydrogen) atoms. The number of nitrogens with two attached hydrogens (primary N) is 1. The van der Waals surface area contributed by atoms with Gasteiger partial charge >= 0.3 is 0 Å². The van der Waals surface area contributed by atoms with Crippen molar-refractivity contribution >= 4 is 23.3 Å². The molecule has 3 N–H and O–H groups in total. The molecule has 0 bridgehead atoms. The molecule has 0 spiro atoms. The van der Waals surface area contributed by atoms with Crippen LogP contribution in [-0.4, -0.2) is 40.9 Å². The molecular weight excluding hydrogens is 364 g/mol. The average Bonchev–Trinajstić information content (AvgIpc) is 3.09. The van der Waals surface area contributed by atoms with Gasteiger partial charge in [0, 0.05) is 24.5 Å². The van der Waals surface area contributed by atoms with Gasteiger partial charge < -0.3 is 15.7 Å². The number of likely N-dealkylation sites (tertiary alicyclic amines) is 1. The summed E-state index contributed by atoms with van der Waals surface area (Å²) in [4.78, 5) is 27.5. The number of amides is 1. The molecule has 0 aromatic heterocycles. The molecule has 1 heterocycles. The minimum atomic E-state index is -0.498. The number of aliphatic hydroxyl groups excluding tert-OH is 1. The third kappa shape index (κ3) is 5.31. The summed E-state index contributed by atoms with van der Waals surface area (Å²) in [7, 11) is 0. The number of aliphatic hydroxyl groups is 1. The Kier molecular flexibility index (Phi) is 7.43. The standard InChI is InChI=1S/C21H31ClN2O3/c1-21(2,3)17(13-25)20(27)24-10-4-5-18(24)19(26)9-7-14-11-16(22)8-6-15(14)12-23/h6,8,11,17-18,25H,4-5,7,9-10,12-13,23H2,1-3H3/t17-,18-/m0/s1. The van der Waals surface area contributed by atoms with E-state index in [1.165, 1.54) is 0 Å². The van der Waals surface area contributed by atoms with Gasteiger partial charge in [-0.2, -0.15) is 0 Å². The Balaban J connectivity index is 2.07. The van der Waals surface area contributed by atoms with Crippen LogP contribution in [0.5, 0.6) is 0 Å². The molecule has 1 aliphatic rings. The predicted octanol–water partition coefficient (Wildman–Crippen LogP) is 2.95. The molecule has 0 unspecified atom stereocenters. The SMILES string of the molecule is CC(C)(C)[C@@H](CO)C(=O)N1CCC[C@H]1C(=O)CCc1cc(Cl)ccc1CN. The van der Waals surface area contributed by atoms with Crippen LogP contribution in [0, 0.1) is 11.3 Å². The summed E-state index contributed by atoms with van der Waals surface area (Å²) >= 11 is 6.07. The van der Waals surface area contributed by atoms with Crippen LogP contribution >= 0.6 is 11.6 Å². The Hall–Kier alpha value is -1.43. The van der Waals surface area contributed by atoms with Crippen molar-refractivity contribution in [2.24, 2.45) is 17.1 Å². The van der Waals surface area contributed by atoms with Crippen molar-refractivity contribution in [3.05, 3.63) is 34.3 Å². The summed E-state index contributed by atoms with van der Waals surface area (Å²) in [5.41, 5.74) is 7.40. The number of aryl methyl sites for hydroxylation is 1. The second-order valence-corrected chi connectivity index (χ2v) is 8.81. The lowest BCUT2D eigenvalue weighted by molar-refractivity contribution is -0.145. The lowest BCUT2D eigenvalue weighted by Gasteiger charge is -2.34. The van der Waals surface area contributed by atoms with Crippen molar-refractivity contribution in [1.29, 1.82) is 0 Å². The molecule has 1 saturated heterocycles. The first-order valence-corrected chi connectivity index (χ1v) is 9.98. The van der Waals surface area contributed by atoms with E-state index in [4.69, 9.17) is 17.3 Å². The number of ketones is 1. The summed E-state index contributed by atoms with van der Waals surface area (Å²) in [6, 6.07) is 5.15. The van der Waals surface area contributed by atoms with Gasteiger partial charge in [-0.1, -0.05) is 38.4 Å². The Morgan fingerprint density at radius 2 is 2.04 bits per heavy atom. The smallest absolute Gasteiger partial charge is 0.229 e. The molecule has 0 radical (unpaired) electrons. The highest BCUT2D eigenvalue weighted by molar-refractivity contribution is 6.30. The molecule has 1 aliphatic heterocycles. The second-order valence-electron chi connectivity index (χ2n) is 8.37. The fraction of sp³-hybridized carbons (Fsp3) is 0.619. The van der Waals surface area contributed by atoms with E-state index in [9.17, 15) is 14.7 Å². The van der Waals surface area contributed by atoms with Crippen LogP contribution in [0.25, 0.3) is 0 Å². The van der Waals surface area contributed by atoms with Gasteiger partial charge in [0.15, 0.2) is 5.78 Å². The van der Waals surface area contributed by atoms with E-state index in [0.29, 0.717) is 37.4 Å². The molecule has 6 heteroatoms. The number of nitrogens with zero attached hydrogens (tertiary/aromatic N) is 1. The van der Waals surface area contributed by atoms with E-state index in [-0.39, 0.29) is 23.7 Å². The lowest BCUT2D eigenvalue weighted by atomic mass is 9.80. The monoisotopic (exact) mass is 394 g/mol. The highest BCUT2D eigenvalue weighted by Gasteiger charge is 2.40. The third-order valence-corrected chi connectivity index (χ3v) is 5.70. The van der Waals surface area contributed by atoms with Crippen molar-refractivity contribution < 1.29 is 14.7 Å². The first-order chi connectivity index (χ1) is 12.7. The number of carbonyl (C=O) groups excluding carboxylic acids is 2. The summed E-state index contributed by atoms with van der Waals surface area (Å²) in [5.74, 6) is -0.552. The van der Waals surface area contributed by atoms with Crippen LogP contribution in [0.15, 0.2) is 18.2 Å². The number of hydrogen-bond acceptors (Lipinski definition) is 4. The van der Waals surface area contributed by atoms with Gasteiger partial charge in [0.05, 0.1) is 18.6 Å². The maximum Gasteiger partial charge on any atom is 0.229 e. The van der Waals surface area contributed by atoms with E-state index in [1.54, 1.807) is 11.0 Å². The fourth-order valence-corrected chi connectivity index (χ4v) is 3.93. The molecule has 0 saturated carbocycles. The molecule has 150 valence electrons. The van der Waals surface area contributed by atoms with Gasteiger partial charge in [-0.05, 0) is 47.9 Å². The van der Waals surface area contributed by atoms with E-state index in [2.05, 4.69) is 0 Å². The van der Waals surface area contributed by atoms with Crippen molar-refractivity contribution in [2.75, 3.05) is 13.2 Å². The number of carbonyl (C=O) groups is 2. The Labute approximate surface area is 166 Å². The zero-order valence-electron chi connectivity index (χ0n) is 16.5. The second kappa shape index (κ2) is 9.18. The molecule has 1 amide bonds. The Bertz CT molecular complexity index is 684. The normalized spacial score (nSPS) is 18.6. The minimum absolute atomic E-state index is 0.0643. The van der Waals surface area contributed by atoms with E-state index in [1.807, 2.05) is 32.9 Å². The van der Waals surface area contributed by atoms with Crippen LogP contribution in [0.2, 0.25) is 5.02 Å². The highest BCUT2D eigenvalue weighted by Crippen LogP contribution is 2.31. The molecule has 2 rings (SSSR count). The largest absolute Gasteiger partial charge is 0.396 e. The number of halogens is 1. The molecule has 0 aliphatic carbocycles. The number of Topliss-reactive ketones (excluding diaryl/α,β-unsaturated/α-hetero) is 1. The Morgan fingerprint density at radius 3 is 2.63 bits per heavy atom. The molecule has 1 fully saturated rings. The van der Waals surface area contributed by atoms with Gasteiger partial charge in [0.1, 0.15) is 0 Å². The quantitative estimate of drug-likeness (QED) is 0.744. The molecule has 1 aromatic rings. The summed E-state index contributed by atoms with van der Waals surface area (Å²) in [5, 5.41) is 10.3. The first-order valence-electron chi connectivity index (χ1n) is 9.60. The lowest BCUT2D eigenvalue weighted by Crippen LogP contribution is -2.47. The molecule has 5 nitrogen and oxygen atoms in total. The first kappa shape index (κ1) is 21.9. The minimum Gasteiger partial charge on any atom is -0.396 e. The van der Waals surface area contributed by atoms with Crippen LogP contribution in [0.4, 0.5) is 0 Å².